The van der Waals surface area contributed by atoms with Crippen molar-refractivity contribution in [2.45, 2.75) is 10.1 Å². The molecule has 0 amide bonds. The van der Waals surface area contributed by atoms with Crippen LogP contribution in [0.5, 0.6) is 0 Å². The standard InChI is InChI=1S/C15H12N4S3/c16-14(20)18-10-3-5-11(6-4-10)22-15-17-8-7-12(19-15)13-2-1-9-21-13/h1-9H,(H3,16,18,20). The molecule has 0 fully saturated rings. The summed E-state index contributed by atoms with van der Waals surface area (Å²) in [5, 5.41) is 5.91. The lowest BCUT2D eigenvalue weighted by atomic mass is 10.3. The molecule has 0 unspecified atom stereocenters. The molecule has 1 aromatic carbocycles. The topological polar surface area (TPSA) is 63.8 Å². The third kappa shape index (κ3) is 3.82. The van der Waals surface area contributed by atoms with E-state index in [1.807, 2.05) is 41.8 Å². The van der Waals surface area contributed by atoms with E-state index < -0.39 is 0 Å². The van der Waals surface area contributed by atoms with E-state index in [2.05, 4.69) is 21.4 Å². The van der Waals surface area contributed by atoms with Crippen LogP contribution in [0.3, 0.4) is 0 Å². The molecule has 2 heterocycles. The van der Waals surface area contributed by atoms with Gasteiger partial charge in [-0.25, -0.2) is 9.97 Å². The zero-order valence-corrected chi connectivity index (χ0v) is 13.8. The van der Waals surface area contributed by atoms with E-state index >= 15 is 0 Å². The molecule has 0 radical (unpaired) electrons. The number of rotatable bonds is 4. The van der Waals surface area contributed by atoms with E-state index in [1.165, 1.54) is 11.8 Å². The summed E-state index contributed by atoms with van der Waals surface area (Å²) in [6.07, 6.45) is 1.78. The van der Waals surface area contributed by atoms with Crippen molar-refractivity contribution in [2.75, 3.05) is 5.32 Å². The van der Waals surface area contributed by atoms with Gasteiger partial charge >= 0.3 is 0 Å². The Morgan fingerprint density at radius 1 is 1.18 bits per heavy atom. The number of aromatic nitrogens is 2. The summed E-state index contributed by atoms with van der Waals surface area (Å²) >= 11 is 8.00. The second kappa shape index (κ2) is 6.87. The number of benzene rings is 1. The third-order valence-corrected chi connectivity index (χ3v) is 4.62. The van der Waals surface area contributed by atoms with E-state index in [9.17, 15) is 0 Å². The highest BCUT2D eigenvalue weighted by molar-refractivity contribution is 7.99. The summed E-state index contributed by atoms with van der Waals surface area (Å²) in [6.45, 7) is 0. The van der Waals surface area contributed by atoms with Gasteiger partial charge < -0.3 is 11.1 Å². The van der Waals surface area contributed by atoms with Gasteiger partial charge in [0.2, 0.25) is 0 Å². The molecule has 0 aliphatic heterocycles. The first-order valence-corrected chi connectivity index (χ1v) is 8.52. The fourth-order valence-electron chi connectivity index (χ4n) is 1.81. The second-order valence-corrected chi connectivity index (χ2v) is 6.75. The van der Waals surface area contributed by atoms with Gasteiger partial charge in [-0.3, -0.25) is 0 Å². The molecule has 0 bridgehead atoms. The van der Waals surface area contributed by atoms with Gasteiger partial charge in [0.15, 0.2) is 10.3 Å². The number of nitrogens with zero attached hydrogens (tertiary/aromatic N) is 2. The van der Waals surface area contributed by atoms with Crippen LogP contribution in [0.1, 0.15) is 0 Å². The van der Waals surface area contributed by atoms with Crippen LogP contribution in [0.2, 0.25) is 0 Å². The number of thiocarbonyl (C=S) groups is 1. The summed E-state index contributed by atoms with van der Waals surface area (Å²) in [7, 11) is 0. The molecule has 4 nitrogen and oxygen atoms in total. The number of hydrogen-bond acceptors (Lipinski definition) is 5. The summed E-state index contributed by atoms with van der Waals surface area (Å²) in [6, 6.07) is 13.8. The average Bonchev–Trinajstić information content (AvgIpc) is 3.03. The van der Waals surface area contributed by atoms with Crippen LogP contribution in [0, 0.1) is 0 Å². The lowest BCUT2D eigenvalue weighted by molar-refractivity contribution is 0.974. The van der Waals surface area contributed by atoms with Crippen LogP contribution in [0.4, 0.5) is 5.69 Å². The number of hydrogen-bond donors (Lipinski definition) is 2. The van der Waals surface area contributed by atoms with Gasteiger partial charge in [0.25, 0.3) is 0 Å². The molecular formula is C15H12N4S3. The molecule has 3 N–H and O–H groups in total. The van der Waals surface area contributed by atoms with Crippen molar-refractivity contribution in [3.05, 3.63) is 54.0 Å². The van der Waals surface area contributed by atoms with Crippen molar-refractivity contribution in [3.8, 4) is 10.6 Å². The van der Waals surface area contributed by atoms with Gasteiger partial charge in [-0.1, -0.05) is 6.07 Å². The lowest BCUT2D eigenvalue weighted by Gasteiger charge is -2.05. The highest BCUT2D eigenvalue weighted by Crippen LogP contribution is 2.28. The maximum Gasteiger partial charge on any atom is 0.192 e. The SMILES string of the molecule is NC(=S)Nc1ccc(Sc2nccc(-c3cccs3)n2)cc1. The first-order chi connectivity index (χ1) is 10.7. The van der Waals surface area contributed by atoms with E-state index in [0.717, 1.165) is 26.3 Å². The molecule has 22 heavy (non-hydrogen) atoms. The minimum Gasteiger partial charge on any atom is -0.376 e. The number of nitrogens with two attached hydrogens (primary N) is 1. The summed E-state index contributed by atoms with van der Waals surface area (Å²) in [5.74, 6) is 0. The van der Waals surface area contributed by atoms with Gasteiger partial charge in [0, 0.05) is 16.8 Å². The van der Waals surface area contributed by atoms with Crippen LogP contribution in [-0.2, 0) is 0 Å². The fourth-order valence-corrected chi connectivity index (χ4v) is 3.36. The smallest absolute Gasteiger partial charge is 0.192 e. The van der Waals surface area contributed by atoms with Gasteiger partial charge in [-0.2, -0.15) is 0 Å². The molecule has 0 saturated heterocycles. The van der Waals surface area contributed by atoms with Crippen molar-refractivity contribution in [1.29, 1.82) is 0 Å². The van der Waals surface area contributed by atoms with Crippen molar-refractivity contribution >= 4 is 46.1 Å². The Morgan fingerprint density at radius 3 is 2.68 bits per heavy atom. The van der Waals surface area contributed by atoms with Gasteiger partial charge in [0.1, 0.15) is 0 Å². The third-order valence-electron chi connectivity index (χ3n) is 2.74. The van der Waals surface area contributed by atoms with E-state index in [-0.39, 0.29) is 5.11 Å². The van der Waals surface area contributed by atoms with Crippen molar-refractivity contribution in [3.63, 3.8) is 0 Å². The molecule has 110 valence electrons. The van der Waals surface area contributed by atoms with Crippen molar-refractivity contribution in [1.82, 2.24) is 9.97 Å². The quantitative estimate of drug-likeness (QED) is 0.551. The Balaban J connectivity index is 1.76. The highest BCUT2D eigenvalue weighted by Gasteiger charge is 2.05. The molecule has 3 rings (SSSR count). The van der Waals surface area contributed by atoms with E-state index in [4.69, 9.17) is 18.0 Å². The Labute approximate surface area is 141 Å². The van der Waals surface area contributed by atoms with Crippen LogP contribution in [0.25, 0.3) is 10.6 Å². The second-order valence-electron chi connectivity index (χ2n) is 4.32. The Bertz CT molecular complexity index is 770. The Hall–Kier alpha value is -1.96. The Kier molecular flexibility index (Phi) is 4.67. The summed E-state index contributed by atoms with van der Waals surface area (Å²) < 4.78 is 0. The molecule has 0 saturated carbocycles. The monoisotopic (exact) mass is 344 g/mol. The molecule has 3 aromatic rings. The average molecular weight is 344 g/mol. The zero-order valence-electron chi connectivity index (χ0n) is 11.4. The van der Waals surface area contributed by atoms with Gasteiger partial charge in [-0.15, -0.1) is 11.3 Å². The number of anilines is 1. The van der Waals surface area contributed by atoms with Gasteiger partial charge in [-0.05, 0) is 65.8 Å². The maximum absolute atomic E-state index is 5.45. The van der Waals surface area contributed by atoms with Crippen LogP contribution in [0.15, 0.2) is 64.1 Å². The molecule has 0 atom stereocenters. The highest BCUT2D eigenvalue weighted by atomic mass is 32.2. The first-order valence-electron chi connectivity index (χ1n) is 6.42. The maximum atomic E-state index is 5.45. The van der Waals surface area contributed by atoms with E-state index in [1.54, 1.807) is 17.5 Å². The molecule has 0 spiro atoms. The van der Waals surface area contributed by atoms with Crippen LogP contribution in [-0.4, -0.2) is 15.1 Å². The minimum absolute atomic E-state index is 0.257. The molecule has 7 heteroatoms. The minimum atomic E-state index is 0.257. The summed E-state index contributed by atoms with van der Waals surface area (Å²) in [4.78, 5) is 11.1. The zero-order chi connectivity index (χ0) is 15.4. The normalized spacial score (nSPS) is 10.4. The fraction of sp³-hybridized carbons (Fsp3) is 0. The number of nitrogens with one attached hydrogen (secondary N) is 1. The molecule has 2 aromatic heterocycles. The largest absolute Gasteiger partial charge is 0.376 e. The molecular weight excluding hydrogens is 332 g/mol. The summed E-state index contributed by atoms with van der Waals surface area (Å²) in [5.41, 5.74) is 7.25. The lowest BCUT2D eigenvalue weighted by Crippen LogP contribution is -2.18. The predicted octanol–water partition coefficient (Wildman–Crippen LogP) is 4.01. The van der Waals surface area contributed by atoms with Crippen LogP contribution >= 0.6 is 35.3 Å². The molecule has 0 aliphatic rings. The van der Waals surface area contributed by atoms with Gasteiger partial charge in [0.05, 0.1) is 10.6 Å². The number of thiophene rings is 1. The van der Waals surface area contributed by atoms with Crippen molar-refractivity contribution in [2.24, 2.45) is 5.73 Å². The van der Waals surface area contributed by atoms with E-state index in [0.29, 0.717) is 0 Å². The molecule has 0 aliphatic carbocycles. The Morgan fingerprint density at radius 2 is 2.00 bits per heavy atom. The predicted molar refractivity (Wildman–Crippen MR) is 96.3 cm³/mol. The van der Waals surface area contributed by atoms with Crippen molar-refractivity contribution < 1.29 is 0 Å². The first kappa shape index (κ1) is 15.0. The van der Waals surface area contributed by atoms with Crippen LogP contribution < -0.4 is 11.1 Å².